The van der Waals surface area contributed by atoms with E-state index in [-0.39, 0.29) is 10.9 Å². The largest absolute Gasteiger partial charge is 0.503 e. The fraction of sp³-hybridized carbons (Fsp3) is 0.0385. The van der Waals surface area contributed by atoms with E-state index in [1.807, 2.05) is 78.9 Å². The molecular weight excluding hydrogens is 436 g/mol. The number of hydrogen-bond donors (Lipinski definition) is 2. The number of nitrogens with zero attached hydrogens (tertiary/aromatic N) is 3. The number of carbonyl (C=O) groups excluding carboxylic acids is 1. The molecule has 1 aliphatic rings. The molecule has 0 spiro atoms. The lowest BCUT2D eigenvalue weighted by atomic mass is 9.93. The maximum atomic E-state index is 13.5. The first kappa shape index (κ1) is 19.5. The van der Waals surface area contributed by atoms with Crippen LogP contribution in [0.25, 0.3) is 27.5 Å². The highest BCUT2D eigenvalue weighted by molar-refractivity contribution is 6.31. The molecule has 0 radical (unpaired) electrons. The molecule has 1 amide bonds. The number of hydrogen-bond acceptors (Lipinski definition) is 4. The molecule has 0 fully saturated rings. The number of imidazole rings is 1. The van der Waals surface area contributed by atoms with Crippen LogP contribution in [-0.2, 0) is 4.79 Å². The molecule has 0 saturated carbocycles. The van der Waals surface area contributed by atoms with Gasteiger partial charge in [-0.2, -0.15) is 0 Å². The molecule has 6 rings (SSSR count). The van der Waals surface area contributed by atoms with Gasteiger partial charge in [-0.3, -0.25) is 9.69 Å². The minimum Gasteiger partial charge on any atom is -0.503 e. The van der Waals surface area contributed by atoms with Gasteiger partial charge in [0.2, 0.25) is 0 Å². The summed E-state index contributed by atoms with van der Waals surface area (Å²) in [5.74, 6) is -0.804. The lowest BCUT2D eigenvalue weighted by molar-refractivity contribution is -0.117. The first-order chi connectivity index (χ1) is 16.1. The molecule has 0 saturated heterocycles. The molecule has 1 unspecified atom stereocenters. The molecule has 2 aromatic heterocycles. The molecular formula is C26H17ClN4O2. The van der Waals surface area contributed by atoms with Crippen molar-refractivity contribution in [3.63, 3.8) is 0 Å². The van der Waals surface area contributed by atoms with E-state index in [2.05, 4.69) is 15.0 Å². The molecule has 0 aliphatic carbocycles. The van der Waals surface area contributed by atoms with Crippen molar-refractivity contribution in [2.45, 2.75) is 6.04 Å². The van der Waals surface area contributed by atoms with Crippen molar-refractivity contribution < 1.29 is 9.90 Å². The van der Waals surface area contributed by atoms with Crippen molar-refractivity contribution in [1.29, 1.82) is 0 Å². The van der Waals surface area contributed by atoms with Crippen molar-refractivity contribution in [3.8, 4) is 0 Å². The Morgan fingerprint density at radius 1 is 0.939 bits per heavy atom. The van der Waals surface area contributed by atoms with Gasteiger partial charge in [0.1, 0.15) is 5.15 Å². The molecule has 3 aromatic carbocycles. The van der Waals surface area contributed by atoms with Gasteiger partial charge in [-0.25, -0.2) is 9.97 Å². The molecule has 1 aliphatic heterocycles. The first-order valence-electron chi connectivity index (χ1n) is 10.4. The number of aromatic amines is 1. The van der Waals surface area contributed by atoms with E-state index in [4.69, 9.17) is 11.6 Å². The van der Waals surface area contributed by atoms with E-state index in [1.165, 1.54) is 0 Å². The summed E-state index contributed by atoms with van der Waals surface area (Å²) < 4.78 is 0. The fourth-order valence-corrected chi connectivity index (χ4v) is 4.70. The van der Waals surface area contributed by atoms with Crippen LogP contribution in [0.4, 0.5) is 5.69 Å². The summed E-state index contributed by atoms with van der Waals surface area (Å²) in [4.78, 5) is 26.9. The second kappa shape index (κ2) is 7.46. The second-order valence-electron chi connectivity index (χ2n) is 7.87. The van der Waals surface area contributed by atoms with Crippen LogP contribution >= 0.6 is 11.6 Å². The number of halogens is 1. The van der Waals surface area contributed by atoms with E-state index in [0.717, 1.165) is 27.5 Å². The summed E-state index contributed by atoms with van der Waals surface area (Å²) in [6, 6.07) is 23.8. The van der Waals surface area contributed by atoms with Crippen LogP contribution in [-0.4, -0.2) is 26.0 Å². The Bertz CT molecular complexity index is 1580. The molecule has 0 bridgehead atoms. The third kappa shape index (κ3) is 3.07. The van der Waals surface area contributed by atoms with Crippen LogP contribution in [0.2, 0.25) is 5.15 Å². The number of H-pyrrole nitrogens is 1. The minimum absolute atomic E-state index is 0.280. The molecule has 160 valence electrons. The van der Waals surface area contributed by atoms with Gasteiger partial charge in [-0.15, -0.1) is 0 Å². The zero-order chi connectivity index (χ0) is 22.5. The van der Waals surface area contributed by atoms with E-state index >= 15 is 0 Å². The summed E-state index contributed by atoms with van der Waals surface area (Å²) in [7, 11) is 0. The normalized spacial score (nSPS) is 16.3. The highest BCUT2D eigenvalue weighted by Crippen LogP contribution is 2.47. The maximum absolute atomic E-state index is 13.5. The van der Waals surface area contributed by atoms with Gasteiger partial charge < -0.3 is 10.1 Å². The average molecular weight is 453 g/mol. The zero-order valence-corrected chi connectivity index (χ0v) is 18.0. The Kier molecular flexibility index (Phi) is 4.41. The number of rotatable bonds is 3. The van der Waals surface area contributed by atoms with Crippen LogP contribution in [0.15, 0.2) is 90.9 Å². The lowest BCUT2D eigenvalue weighted by Crippen LogP contribution is -2.30. The van der Waals surface area contributed by atoms with Crippen molar-refractivity contribution in [3.05, 3.63) is 107 Å². The predicted molar refractivity (Wildman–Crippen MR) is 129 cm³/mol. The Labute approximate surface area is 193 Å². The van der Waals surface area contributed by atoms with Crippen molar-refractivity contribution in [2.24, 2.45) is 0 Å². The van der Waals surface area contributed by atoms with E-state index in [9.17, 15) is 9.90 Å². The van der Waals surface area contributed by atoms with Crippen LogP contribution in [0.5, 0.6) is 0 Å². The molecule has 5 aromatic rings. The standard InChI is InChI=1S/C26H17ClN4O2/c27-25-18(12-16-8-4-5-9-19(16)30-25)23-22(15-6-2-1-3-7-15)24(32)26(33)31(23)17-10-11-20-21(13-17)29-14-28-20/h1-14,23,32H,(H,28,29). The highest BCUT2D eigenvalue weighted by Gasteiger charge is 2.43. The summed E-state index contributed by atoms with van der Waals surface area (Å²) >= 11 is 6.69. The average Bonchev–Trinajstić information content (AvgIpc) is 3.41. The lowest BCUT2D eigenvalue weighted by Gasteiger charge is -2.28. The number of pyridine rings is 1. The SMILES string of the molecule is O=C1C(O)=C(c2ccccc2)C(c2cc3ccccc3nc2Cl)N1c1ccc2nc[nH]c2c1. The number of aromatic nitrogens is 3. The van der Waals surface area contributed by atoms with Crippen molar-refractivity contribution in [2.75, 3.05) is 4.90 Å². The van der Waals surface area contributed by atoms with Gasteiger partial charge in [-0.05, 0) is 35.9 Å². The van der Waals surface area contributed by atoms with Crippen molar-refractivity contribution >= 4 is 50.7 Å². The summed E-state index contributed by atoms with van der Waals surface area (Å²) in [5.41, 5.74) is 4.81. The molecule has 2 N–H and O–H groups in total. The maximum Gasteiger partial charge on any atom is 0.294 e. The van der Waals surface area contributed by atoms with Crippen molar-refractivity contribution in [1.82, 2.24) is 15.0 Å². The Balaban J connectivity index is 1.61. The number of carbonyl (C=O) groups is 1. The van der Waals surface area contributed by atoms with Gasteiger partial charge in [0.15, 0.2) is 5.76 Å². The predicted octanol–water partition coefficient (Wildman–Crippen LogP) is 5.82. The van der Waals surface area contributed by atoms with Gasteiger partial charge in [-0.1, -0.05) is 60.1 Å². The Morgan fingerprint density at radius 3 is 2.58 bits per heavy atom. The highest BCUT2D eigenvalue weighted by atomic mass is 35.5. The third-order valence-electron chi connectivity index (χ3n) is 5.97. The number of nitrogens with one attached hydrogen (secondary N) is 1. The Morgan fingerprint density at radius 2 is 1.73 bits per heavy atom. The van der Waals surface area contributed by atoms with Crippen LogP contribution in [0.3, 0.4) is 0 Å². The van der Waals surface area contributed by atoms with E-state index in [0.29, 0.717) is 16.8 Å². The first-order valence-corrected chi connectivity index (χ1v) is 10.8. The Hall–Kier alpha value is -4.16. The minimum atomic E-state index is -0.662. The zero-order valence-electron chi connectivity index (χ0n) is 17.2. The number of aliphatic hydroxyl groups excluding tert-OH is 1. The van der Waals surface area contributed by atoms with E-state index < -0.39 is 11.9 Å². The fourth-order valence-electron chi connectivity index (χ4n) is 4.45. The second-order valence-corrected chi connectivity index (χ2v) is 8.23. The topological polar surface area (TPSA) is 82.1 Å². The van der Waals surface area contributed by atoms with E-state index in [1.54, 1.807) is 11.2 Å². The molecule has 1 atom stereocenters. The van der Waals surface area contributed by atoms with Gasteiger partial charge >= 0.3 is 0 Å². The number of aliphatic hydroxyl groups is 1. The smallest absolute Gasteiger partial charge is 0.294 e. The summed E-state index contributed by atoms with van der Waals surface area (Å²) in [6.07, 6.45) is 1.60. The molecule has 6 nitrogen and oxygen atoms in total. The number of fused-ring (bicyclic) bond motifs is 2. The van der Waals surface area contributed by atoms with Gasteiger partial charge in [0.05, 0.1) is 28.9 Å². The summed E-state index contributed by atoms with van der Waals surface area (Å²) in [5, 5.41) is 12.2. The van der Waals surface area contributed by atoms with Crippen LogP contribution in [0.1, 0.15) is 17.2 Å². The molecule has 7 heteroatoms. The summed E-state index contributed by atoms with van der Waals surface area (Å²) in [6.45, 7) is 0. The number of amides is 1. The van der Waals surface area contributed by atoms with Crippen LogP contribution in [0, 0.1) is 0 Å². The quantitative estimate of drug-likeness (QED) is 0.338. The monoisotopic (exact) mass is 452 g/mol. The van der Waals surface area contributed by atoms with Crippen LogP contribution < -0.4 is 4.90 Å². The number of benzene rings is 3. The molecule has 3 heterocycles. The molecule has 33 heavy (non-hydrogen) atoms. The third-order valence-corrected chi connectivity index (χ3v) is 6.28. The number of anilines is 1. The van der Waals surface area contributed by atoms with Gasteiger partial charge in [0, 0.05) is 22.2 Å². The number of para-hydroxylation sites is 1. The van der Waals surface area contributed by atoms with Gasteiger partial charge in [0.25, 0.3) is 5.91 Å².